The third-order valence-electron chi connectivity index (χ3n) is 11.4. The molecule has 0 aliphatic heterocycles. The topological polar surface area (TPSA) is 51.6 Å². The molecule has 0 fully saturated rings. The van der Waals surface area contributed by atoms with Crippen molar-refractivity contribution in [1.29, 1.82) is 0 Å². The van der Waals surface area contributed by atoms with Crippen molar-refractivity contribution in [2.45, 2.75) is 0 Å². The third kappa shape index (κ3) is 6.66. The second-order valence-electron chi connectivity index (χ2n) is 15.1. The molecule has 4 heteroatoms. The molecule has 0 N–H and O–H groups in total. The fourth-order valence-corrected chi connectivity index (χ4v) is 8.21. The molecular formula is C56H36N4. The van der Waals surface area contributed by atoms with Crippen LogP contribution in [-0.2, 0) is 0 Å². The van der Waals surface area contributed by atoms with E-state index in [2.05, 4.69) is 176 Å². The number of nitrogens with zero attached hydrogens (tertiary/aromatic N) is 4. The predicted molar refractivity (Wildman–Crippen MR) is 248 cm³/mol. The lowest BCUT2D eigenvalue weighted by Crippen LogP contribution is -2.00. The van der Waals surface area contributed by atoms with Crippen molar-refractivity contribution >= 4 is 32.4 Å². The van der Waals surface area contributed by atoms with Crippen molar-refractivity contribution in [3.05, 3.63) is 219 Å². The minimum absolute atomic E-state index is 0.632. The largest absolute Gasteiger partial charge is 0.255 e. The molecule has 2 heterocycles. The molecule has 11 aromatic rings. The lowest BCUT2D eigenvalue weighted by molar-refractivity contribution is 1.07. The molecule has 0 bridgehead atoms. The van der Waals surface area contributed by atoms with E-state index < -0.39 is 0 Å². The van der Waals surface area contributed by atoms with Crippen LogP contribution in [0.5, 0.6) is 0 Å². The first-order valence-electron chi connectivity index (χ1n) is 20.2. The number of fused-ring (bicyclic) bond motifs is 5. The zero-order valence-electron chi connectivity index (χ0n) is 32.6. The van der Waals surface area contributed by atoms with Gasteiger partial charge in [0.15, 0.2) is 17.5 Å². The van der Waals surface area contributed by atoms with Gasteiger partial charge in [0.1, 0.15) is 0 Å². The zero-order valence-corrected chi connectivity index (χ0v) is 32.6. The van der Waals surface area contributed by atoms with Crippen LogP contribution < -0.4 is 0 Å². The maximum absolute atomic E-state index is 5.02. The van der Waals surface area contributed by atoms with E-state index in [1.807, 2.05) is 42.6 Å². The number of rotatable bonds is 7. The van der Waals surface area contributed by atoms with E-state index in [1.54, 1.807) is 0 Å². The minimum Gasteiger partial charge on any atom is -0.255 e. The first kappa shape index (κ1) is 35.1. The van der Waals surface area contributed by atoms with Crippen molar-refractivity contribution in [2.24, 2.45) is 0 Å². The maximum Gasteiger partial charge on any atom is 0.164 e. The highest BCUT2D eigenvalue weighted by Crippen LogP contribution is 2.35. The van der Waals surface area contributed by atoms with Gasteiger partial charge in [-0.15, -0.1) is 0 Å². The van der Waals surface area contributed by atoms with Crippen LogP contribution >= 0.6 is 0 Å². The van der Waals surface area contributed by atoms with Gasteiger partial charge in [0.25, 0.3) is 0 Å². The highest BCUT2D eigenvalue weighted by molar-refractivity contribution is 6.16. The SMILES string of the molecule is c1ccc(-c2ccc(-c3nc(-c4ccccc4)nc(-c4ccc(-c5cccc(-c6cccc(-c7cnc8c(ccc9c%10ccccc%10ccc98)c7)c6)c5)cc4)n3)cc2)cc1. The Hall–Kier alpha value is -8.08. The van der Waals surface area contributed by atoms with Crippen LogP contribution in [0.4, 0.5) is 0 Å². The Morgan fingerprint density at radius 1 is 0.233 bits per heavy atom. The normalized spacial score (nSPS) is 11.3. The molecule has 0 atom stereocenters. The van der Waals surface area contributed by atoms with Gasteiger partial charge >= 0.3 is 0 Å². The summed E-state index contributed by atoms with van der Waals surface area (Å²) in [7, 11) is 0. The highest BCUT2D eigenvalue weighted by Gasteiger charge is 2.14. The Bertz CT molecular complexity index is 3340. The summed E-state index contributed by atoms with van der Waals surface area (Å²) >= 11 is 0. The molecule has 60 heavy (non-hydrogen) atoms. The smallest absolute Gasteiger partial charge is 0.164 e. The average Bonchev–Trinajstić information content (AvgIpc) is 3.34. The molecule has 11 rings (SSSR count). The van der Waals surface area contributed by atoms with E-state index in [4.69, 9.17) is 19.9 Å². The minimum atomic E-state index is 0.632. The molecule has 9 aromatic carbocycles. The van der Waals surface area contributed by atoms with E-state index in [0.717, 1.165) is 66.5 Å². The summed E-state index contributed by atoms with van der Waals surface area (Å²) in [5.74, 6) is 1.91. The van der Waals surface area contributed by atoms with Crippen LogP contribution in [0.3, 0.4) is 0 Å². The van der Waals surface area contributed by atoms with Gasteiger partial charge in [0, 0.05) is 39.2 Å². The molecule has 0 spiro atoms. The lowest BCUT2D eigenvalue weighted by Gasteiger charge is -2.11. The fraction of sp³-hybridized carbons (Fsp3) is 0. The molecule has 0 saturated carbocycles. The molecule has 280 valence electrons. The Labute approximate surface area is 348 Å². The third-order valence-corrected chi connectivity index (χ3v) is 11.4. The predicted octanol–water partition coefficient (Wildman–Crippen LogP) is 14.4. The van der Waals surface area contributed by atoms with Crippen LogP contribution in [-0.4, -0.2) is 19.9 Å². The number of pyridine rings is 1. The summed E-state index contributed by atoms with van der Waals surface area (Å²) < 4.78 is 0. The average molecular weight is 765 g/mol. The van der Waals surface area contributed by atoms with Crippen LogP contribution in [0.15, 0.2) is 219 Å². The number of aromatic nitrogens is 4. The second-order valence-corrected chi connectivity index (χ2v) is 15.1. The Balaban J connectivity index is 0.888. The van der Waals surface area contributed by atoms with Crippen LogP contribution in [0.2, 0.25) is 0 Å². The summed E-state index contributed by atoms with van der Waals surface area (Å²) in [6, 6.07) is 74.5. The van der Waals surface area contributed by atoms with Crippen LogP contribution in [0.25, 0.3) is 111 Å². The van der Waals surface area contributed by atoms with Crippen molar-refractivity contribution in [3.63, 3.8) is 0 Å². The number of hydrogen-bond acceptors (Lipinski definition) is 4. The zero-order chi connectivity index (χ0) is 39.8. The Kier molecular flexibility index (Phi) is 8.79. The first-order chi connectivity index (χ1) is 29.7. The van der Waals surface area contributed by atoms with E-state index in [1.165, 1.54) is 27.1 Å². The summed E-state index contributed by atoms with van der Waals surface area (Å²) in [5, 5.41) is 6.04. The van der Waals surface area contributed by atoms with E-state index >= 15 is 0 Å². The molecule has 2 aromatic heterocycles. The maximum atomic E-state index is 5.02. The molecule has 0 aliphatic carbocycles. The van der Waals surface area contributed by atoms with E-state index in [0.29, 0.717) is 17.5 Å². The summed E-state index contributed by atoms with van der Waals surface area (Å²) in [6.07, 6.45) is 2.01. The number of hydrogen-bond donors (Lipinski definition) is 0. The van der Waals surface area contributed by atoms with Gasteiger partial charge in [-0.2, -0.15) is 0 Å². The first-order valence-corrected chi connectivity index (χ1v) is 20.2. The van der Waals surface area contributed by atoms with Gasteiger partial charge in [-0.1, -0.05) is 194 Å². The molecule has 0 unspecified atom stereocenters. The summed E-state index contributed by atoms with van der Waals surface area (Å²) in [5.41, 5.74) is 12.9. The summed E-state index contributed by atoms with van der Waals surface area (Å²) in [4.78, 5) is 19.9. The van der Waals surface area contributed by atoms with Gasteiger partial charge in [-0.25, -0.2) is 15.0 Å². The molecular weight excluding hydrogens is 729 g/mol. The van der Waals surface area contributed by atoms with E-state index in [-0.39, 0.29) is 0 Å². The highest BCUT2D eigenvalue weighted by atomic mass is 15.0. The van der Waals surface area contributed by atoms with Gasteiger partial charge in [-0.3, -0.25) is 4.98 Å². The molecule has 4 nitrogen and oxygen atoms in total. The molecule has 0 radical (unpaired) electrons. The second kappa shape index (κ2) is 15.0. The standard InChI is InChI=1S/C56H36N4/c1-3-11-37(12-4-1)38-21-25-42(26-22-38)55-58-54(41-14-5-2-6-15-41)59-56(60-55)43-27-23-39(24-28-43)44-16-9-17-45(33-44)46-18-10-19-47(34-46)49-35-48-30-31-51-50-20-8-7-13-40(50)29-32-52(51)53(48)57-36-49/h1-36H. The lowest BCUT2D eigenvalue weighted by atomic mass is 9.95. The van der Waals surface area contributed by atoms with Crippen molar-refractivity contribution < 1.29 is 0 Å². The van der Waals surface area contributed by atoms with Crippen molar-refractivity contribution in [3.8, 4) is 78.7 Å². The van der Waals surface area contributed by atoms with E-state index in [9.17, 15) is 0 Å². The van der Waals surface area contributed by atoms with Gasteiger partial charge in [-0.05, 0) is 73.3 Å². The van der Waals surface area contributed by atoms with Crippen molar-refractivity contribution in [1.82, 2.24) is 19.9 Å². The van der Waals surface area contributed by atoms with Crippen molar-refractivity contribution in [2.75, 3.05) is 0 Å². The van der Waals surface area contributed by atoms with Crippen LogP contribution in [0.1, 0.15) is 0 Å². The van der Waals surface area contributed by atoms with Gasteiger partial charge in [0.2, 0.25) is 0 Å². The fourth-order valence-electron chi connectivity index (χ4n) is 8.21. The van der Waals surface area contributed by atoms with Gasteiger partial charge < -0.3 is 0 Å². The molecule has 0 aliphatic rings. The molecule has 0 saturated heterocycles. The monoisotopic (exact) mass is 764 g/mol. The Morgan fingerprint density at radius 3 is 1.27 bits per heavy atom. The summed E-state index contributed by atoms with van der Waals surface area (Å²) in [6.45, 7) is 0. The Morgan fingerprint density at radius 2 is 0.650 bits per heavy atom. The number of benzene rings is 9. The van der Waals surface area contributed by atoms with Gasteiger partial charge in [0.05, 0.1) is 5.52 Å². The quantitative estimate of drug-likeness (QED) is 0.152. The molecule has 0 amide bonds. The van der Waals surface area contributed by atoms with Crippen LogP contribution in [0, 0.1) is 0 Å².